The molecule has 6 aliphatic carbocycles. The summed E-state index contributed by atoms with van der Waals surface area (Å²) in [5.74, 6) is 1.71. The predicted octanol–water partition coefficient (Wildman–Crippen LogP) is 7.46. The molecule has 0 aliphatic heterocycles. The molecule has 7 aromatic rings. The summed E-state index contributed by atoms with van der Waals surface area (Å²) >= 11 is 0. The quantitative estimate of drug-likeness (QED) is 0.187. The molecule has 6 aliphatic rings. The highest BCUT2D eigenvalue weighted by molar-refractivity contribution is 5.82. The first-order chi connectivity index (χ1) is 22.3. The lowest BCUT2D eigenvalue weighted by atomic mass is 9.72. The zero-order valence-corrected chi connectivity index (χ0v) is 24.2. The molecule has 0 amide bonds. The van der Waals surface area contributed by atoms with E-state index in [1.54, 1.807) is 33.4 Å². The van der Waals surface area contributed by atoms with Gasteiger partial charge < -0.3 is 0 Å². The van der Waals surface area contributed by atoms with Crippen molar-refractivity contribution in [1.82, 2.24) is 29.9 Å². The molecule has 0 fully saturated rings. The molecule has 0 N–H and O–H groups in total. The molecule has 3 heterocycles. The van der Waals surface area contributed by atoms with Gasteiger partial charge in [-0.1, -0.05) is 36.4 Å². The van der Waals surface area contributed by atoms with Crippen molar-refractivity contribution in [3.05, 3.63) is 140 Å². The van der Waals surface area contributed by atoms with Crippen molar-refractivity contribution in [2.45, 2.75) is 54.8 Å². The summed E-state index contributed by atoms with van der Waals surface area (Å²) in [6, 6.07) is 25.1. The second-order valence-electron chi connectivity index (χ2n) is 14.0. The van der Waals surface area contributed by atoms with Gasteiger partial charge in [0.15, 0.2) is 0 Å². The molecular formula is C39H24N6. The van der Waals surface area contributed by atoms with Crippen molar-refractivity contribution in [2.75, 3.05) is 0 Å². The Kier molecular flexibility index (Phi) is 3.60. The molecule has 6 bridgehead atoms. The smallest absolute Gasteiger partial charge is 0.0890 e. The van der Waals surface area contributed by atoms with Crippen molar-refractivity contribution < 1.29 is 0 Å². The number of nitrogens with zero attached hydrogens (tertiary/aromatic N) is 6. The van der Waals surface area contributed by atoms with Crippen LogP contribution < -0.4 is 0 Å². The first-order valence-electron chi connectivity index (χ1n) is 16.3. The zero-order chi connectivity index (χ0) is 28.7. The summed E-state index contributed by atoms with van der Waals surface area (Å²) < 4.78 is 0. The van der Waals surface area contributed by atoms with Gasteiger partial charge in [0.1, 0.15) is 0 Å². The Morgan fingerprint density at radius 1 is 0.289 bits per heavy atom. The van der Waals surface area contributed by atoms with Gasteiger partial charge in [0.05, 0.1) is 67.3 Å². The summed E-state index contributed by atoms with van der Waals surface area (Å²) in [7, 11) is 0. The topological polar surface area (TPSA) is 77.3 Å². The van der Waals surface area contributed by atoms with E-state index in [9.17, 15) is 0 Å². The van der Waals surface area contributed by atoms with Crippen molar-refractivity contribution in [3.8, 4) is 0 Å². The molecule has 210 valence electrons. The number of rotatable bonds is 0. The number of para-hydroxylation sites is 6. The van der Waals surface area contributed by atoms with E-state index in [0.717, 1.165) is 52.4 Å². The van der Waals surface area contributed by atoms with E-state index in [1.807, 2.05) is 0 Å². The van der Waals surface area contributed by atoms with Crippen LogP contribution in [0.15, 0.2) is 72.8 Å². The fraction of sp³-hybridized carbons (Fsp3) is 0.231. The van der Waals surface area contributed by atoms with E-state index >= 15 is 0 Å². The van der Waals surface area contributed by atoms with Crippen LogP contribution in [0.4, 0.5) is 0 Å². The van der Waals surface area contributed by atoms with E-state index in [0.29, 0.717) is 0 Å². The molecule has 6 nitrogen and oxygen atoms in total. The predicted molar refractivity (Wildman–Crippen MR) is 170 cm³/mol. The lowest BCUT2D eigenvalue weighted by molar-refractivity contribution is 0.756. The van der Waals surface area contributed by atoms with E-state index in [4.69, 9.17) is 29.9 Å². The minimum Gasteiger partial charge on any atom is -0.249 e. The second-order valence-corrected chi connectivity index (χ2v) is 14.0. The summed E-state index contributed by atoms with van der Waals surface area (Å²) in [4.78, 5) is 31.9. The maximum atomic E-state index is 5.31. The Bertz CT molecular complexity index is 2110. The van der Waals surface area contributed by atoms with Gasteiger partial charge in [0.25, 0.3) is 0 Å². The van der Waals surface area contributed by atoms with Gasteiger partial charge in [0, 0.05) is 35.5 Å². The Balaban J connectivity index is 1.12. The number of hydrogen-bond acceptors (Lipinski definition) is 6. The molecule has 0 saturated carbocycles. The first-order valence-corrected chi connectivity index (χ1v) is 16.3. The van der Waals surface area contributed by atoms with Crippen LogP contribution in [0.2, 0.25) is 0 Å². The Morgan fingerprint density at radius 3 is 0.644 bits per heavy atom. The number of hydrogen-bond donors (Lipinski definition) is 0. The molecule has 0 unspecified atom stereocenters. The Labute approximate surface area is 257 Å². The van der Waals surface area contributed by atoms with Crippen LogP contribution in [0.1, 0.15) is 122 Å². The first kappa shape index (κ1) is 22.4. The van der Waals surface area contributed by atoms with Gasteiger partial charge in [-0.05, 0) is 89.0 Å². The SMILES string of the molecule is c1ccc2nc3c(nc2c1)[C@H]1C[C@@H]3c2c1c1c(c3c2[C@@H]2C[C@H]3c3nc4ccccc4nc32)[C@H]2C[C@@H]1c1nc3ccccc3nc12. The molecule has 13 rings (SSSR count). The van der Waals surface area contributed by atoms with Crippen molar-refractivity contribution in [2.24, 2.45) is 0 Å². The van der Waals surface area contributed by atoms with Crippen LogP contribution >= 0.6 is 0 Å². The van der Waals surface area contributed by atoms with E-state index in [-0.39, 0.29) is 35.5 Å². The van der Waals surface area contributed by atoms with Crippen LogP contribution in [-0.4, -0.2) is 29.9 Å². The molecule has 3 aromatic heterocycles. The molecule has 0 spiro atoms. The van der Waals surface area contributed by atoms with Crippen molar-refractivity contribution in [3.63, 3.8) is 0 Å². The molecule has 0 radical (unpaired) electrons. The van der Waals surface area contributed by atoms with Gasteiger partial charge in [0.2, 0.25) is 0 Å². The van der Waals surface area contributed by atoms with Gasteiger partial charge in [-0.15, -0.1) is 0 Å². The molecule has 6 atom stereocenters. The fourth-order valence-electron chi connectivity index (χ4n) is 10.6. The van der Waals surface area contributed by atoms with Crippen LogP contribution in [0, 0.1) is 0 Å². The normalized spacial score (nSPS) is 26.4. The molecule has 4 aromatic carbocycles. The monoisotopic (exact) mass is 576 g/mol. The highest BCUT2D eigenvalue weighted by Gasteiger charge is 2.59. The second kappa shape index (κ2) is 7.23. The van der Waals surface area contributed by atoms with E-state index in [1.165, 1.54) is 34.2 Å². The minimum absolute atomic E-state index is 0.286. The Hall–Kier alpha value is -5.10. The lowest BCUT2D eigenvalue weighted by Gasteiger charge is -2.33. The maximum Gasteiger partial charge on any atom is 0.0890 e. The number of fused-ring (bicyclic) bond motifs is 30. The average molecular weight is 577 g/mol. The molecular weight excluding hydrogens is 552 g/mol. The maximum absolute atomic E-state index is 5.31. The zero-order valence-electron chi connectivity index (χ0n) is 24.2. The van der Waals surface area contributed by atoms with Gasteiger partial charge >= 0.3 is 0 Å². The fourth-order valence-corrected chi connectivity index (χ4v) is 10.6. The summed E-state index contributed by atoms with van der Waals surface area (Å²) in [6.07, 6.45) is 3.22. The van der Waals surface area contributed by atoms with Crippen LogP contribution in [0.3, 0.4) is 0 Å². The molecule has 6 heteroatoms. The van der Waals surface area contributed by atoms with Crippen LogP contribution in [0.25, 0.3) is 33.1 Å². The van der Waals surface area contributed by atoms with Gasteiger partial charge in [-0.2, -0.15) is 0 Å². The number of benzene rings is 4. The van der Waals surface area contributed by atoms with Crippen LogP contribution in [-0.2, 0) is 0 Å². The summed E-state index contributed by atoms with van der Waals surface area (Å²) in [5, 5.41) is 0. The number of aromatic nitrogens is 6. The third-order valence-corrected chi connectivity index (χ3v) is 12.1. The lowest BCUT2D eigenvalue weighted by Crippen LogP contribution is -2.21. The highest BCUT2D eigenvalue weighted by atomic mass is 14.9. The summed E-state index contributed by atoms with van der Waals surface area (Å²) in [5.41, 5.74) is 22.6. The highest BCUT2D eigenvalue weighted by Crippen LogP contribution is 2.71. The average Bonchev–Trinajstić information content (AvgIpc) is 3.93. The van der Waals surface area contributed by atoms with Gasteiger partial charge in [-0.3, -0.25) is 0 Å². The molecule has 0 saturated heterocycles. The van der Waals surface area contributed by atoms with Gasteiger partial charge in [-0.25, -0.2) is 29.9 Å². The van der Waals surface area contributed by atoms with Crippen molar-refractivity contribution in [1.29, 1.82) is 0 Å². The largest absolute Gasteiger partial charge is 0.249 e. The van der Waals surface area contributed by atoms with Crippen LogP contribution in [0.5, 0.6) is 0 Å². The van der Waals surface area contributed by atoms with E-state index in [2.05, 4.69) is 72.8 Å². The van der Waals surface area contributed by atoms with E-state index < -0.39 is 0 Å². The Morgan fingerprint density at radius 2 is 0.467 bits per heavy atom. The molecule has 45 heavy (non-hydrogen) atoms. The summed E-state index contributed by atoms with van der Waals surface area (Å²) in [6.45, 7) is 0. The third kappa shape index (κ3) is 2.42. The minimum atomic E-state index is 0.286. The van der Waals surface area contributed by atoms with Crippen molar-refractivity contribution >= 4 is 33.1 Å². The standard InChI is InChI=1S/C39H24N6/c1-2-8-23-22(7-1)40-34-16-13-17(35(34)41-23)29-28(16)30-18-14-20(38-36(18)42-24-9-3-4-10-25(24)44-38)32(30)33-21-15-19(31(29)33)37-39(21)45-27-12-6-5-11-26(27)43-37/h1-12,16-21H,13-15H2/t16-,17+,18-,19-,20+,21+. The third-order valence-electron chi connectivity index (χ3n) is 12.1.